The normalized spacial score (nSPS) is 23.5. The van der Waals surface area contributed by atoms with Gasteiger partial charge in [-0.25, -0.2) is 9.78 Å². The molecule has 3 aromatic heterocycles. The average molecular weight is 506 g/mol. The number of ether oxygens (including phenoxy) is 1. The van der Waals surface area contributed by atoms with Gasteiger partial charge in [0.1, 0.15) is 17.1 Å². The van der Waals surface area contributed by atoms with Crippen molar-refractivity contribution < 1.29 is 18.7 Å². The lowest BCUT2D eigenvalue weighted by Gasteiger charge is -2.39. The van der Waals surface area contributed by atoms with Gasteiger partial charge in [-0.1, -0.05) is 13.8 Å². The largest absolute Gasteiger partial charge is 0.444 e. The van der Waals surface area contributed by atoms with E-state index in [0.717, 1.165) is 36.2 Å². The molecule has 1 aliphatic heterocycles. The molecule has 2 N–H and O–H groups in total. The zero-order valence-electron chi connectivity index (χ0n) is 22.1. The number of fused-ring (bicyclic) bond motifs is 1. The summed E-state index contributed by atoms with van der Waals surface area (Å²) in [5.41, 5.74) is 1.64. The van der Waals surface area contributed by atoms with Crippen molar-refractivity contribution in [3.8, 4) is 0 Å². The number of amides is 2. The minimum Gasteiger partial charge on any atom is -0.444 e. The number of alkyl carbamates (subject to hydrolysis) is 1. The van der Waals surface area contributed by atoms with Gasteiger partial charge in [0, 0.05) is 36.6 Å². The molecule has 0 spiro atoms. The first kappa shape index (κ1) is 25.0. The molecule has 0 radical (unpaired) electrons. The Kier molecular flexibility index (Phi) is 6.56. The van der Waals surface area contributed by atoms with Crippen LogP contribution in [0, 0.1) is 11.8 Å². The van der Waals surface area contributed by atoms with Crippen molar-refractivity contribution in [3.05, 3.63) is 48.1 Å². The predicted octanol–water partition coefficient (Wildman–Crippen LogP) is 5.34. The van der Waals surface area contributed by atoms with Crippen molar-refractivity contribution in [2.24, 2.45) is 11.8 Å². The third-order valence-corrected chi connectivity index (χ3v) is 6.88. The summed E-state index contributed by atoms with van der Waals surface area (Å²) < 4.78 is 11.4. The molecule has 2 amide bonds. The Bertz CT molecular complexity index is 1310. The van der Waals surface area contributed by atoms with Gasteiger partial charge in [-0.05, 0) is 69.7 Å². The van der Waals surface area contributed by atoms with Crippen LogP contribution in [0.1, 0.15) is 69.6 Å². The number of piperidine rings is 1. The van der Waals surface area contributed by atoms with Crippen molar-refractivity contribution in [3.63, 3.8) is 0 Å². The first-order valence-corrected chi connectivity index (χ1v) is 13.0. The molecule has 37 heavy (non-hydrogen) atoms. The number of furan rings is 1. The van der Waals surface area contributed by atoms with E-state index in [1.807, 2.05) is 39.0 Å². The van der Waals surface area contributed by atoms with Gasteiger partial charge >= 0.3 is 6.09 Å². The molecule has 4 heterocycles. The molecule has 9 nitrogen and oxygen atoms in total. The number of anilines is 2. The molecule has 5 rings (SSSR count). The summed E-state index contributed by atoms with van der Waals surface area (Å²) >= 11 is 0. The van der Waals surface area contributed by atoms with E-state index in [1.54, 1.807) is 18.5 Å². The fourth-order valence-corrected chi connectivity index (χ4v) is 5.04. The van der Waals surface area contributed by atoms with E-state index in [2.05, 4.69) is 39.3 Å². The summed E-state index contributed by atoms with van der Waals surface area (Å²) in [4.78, 5) is 36.4. The highest BCUT2D eigenvalue weighted by Crippen LogP contribution is 2.48. The van der Waals surface area contributed by atoms with Crippen molar-refractivity contribution in [2.45, 2.75) is 65.0 Å². The fourth-order valence-electron chi connectivity index (χ4n) is 5.04. The van der Waals surface area contributed by atoms with E-state index in [0.29, 0.717) is 35.7 Å². The predicted molar refractivity (Wildman–Crippen MR) is 142 cm³/mol. The standard InChI is InChI=1S/C28H35N5O4/c1-16-10-19(30-27(35)37-28(3,4)5)15-33(14-16)23-8-9-29-13-22(23)31-25(34)21-7-6-18-12-24(20-11-17(20)2)36-26(18)32-21/h6-9,12-13,16-17,19-20H,10-11,14-15H2,1-5H3,(H,30,35)(H,31,34)/t16-,17?,19+,20?/m1/s1. The quantitative estimate of drug-likeness (QED) is 0.482. The lowest BCUT2D eigenvalue weighted by molar-refractivity contribution is 0.0495. The van der Waals surface area contributed by atoms with E-state index in [-0.39, 0.29) is 17.6 Å². The van der Waals surface area contributed by atoms with E-state index >= 15 is 0 Å². The molecule has 2 unspecified atom stereocenters. The van der Waals surface area contributed by atoms with Crippen LogP contribution >= 0.6 is 0 Å². The highest BCUT2D eigenvalue weighted by atomic mass is 16.6. The Hall–Kier alpha value is -3.62. The minimum absolute atomic E-state index is 0.0817. The molecular formula is C28H35N5O4. The van der Waals surface area contributed by atoms with Crippen LogP contribution in [-0.4, -0.2) is 46.7 Å². The number of hydrogen-bond acceptors (Lipinski definition) is 7. The molecule has 1 saturated carbocycles. The third kappa shape index (κ3) is 5.87. The molecule has 1 aliphatic carbocycles. The molecule has 1 saturated heterocycles. The Morgan fingerprint density at radius 1 is 1.14 bits per heavy atom. The van der Waals surface area contributed by atoms with Gasteiger partial charge in [-0.15, -0.1) is 0 Å². The van der Waals surface area contributed by atoms with Crippen LogP contribution in [0.25, 0.3) is 11.1 Å². The van der Waals surface area contributed by atoms with Gasteiger partial charge in [0.15, 0.2) is 0 Å². The van der Waals surface area contributed by atoms with Gasteiger partial charge in [-0.3, -0.25) is 9.78 Å². The van der Waals surface area contributed by atoms with Crippen LogP contribution in [0.2, 0.25) is 0 Å². The van der Waals surface area contributed by atoms with Crippen molar-refractivity contribution in [1.29, 1.82) is 0 Å². The van der Waals surface area contributed by atoms with Gasteiger partial charge in [0.05, 0.1) is 17.6 Å². The highest BCUT2D eigenvalue weighted by molar-refractivity contribution is 6.05. The number of pyridine rings is 2. The van der Waals surface area contributed by atoms with Crippen LogP contribution in [0.3, 0.4) is 0 Å². The maximum Gasteiger partial charge on any atom is 0.407 e. The molecule has 0 bridgehead atoms. The van der Waals surface area contributed by atoms with E-state index in [4.69, 9.17) is 9.15 Å². The van der Waals surface area contributed by atoms with Crippen molar-refractivity contribution >= 4 is 34.5 Å². The van der Waals surface area contributed by atoms with Gasteiger partial charge in [0.2, 0.25) is 5.71 Å². The number of hydrogen-bond donors (Lipinski definition) is 2. The minimum atomic E-state index is -0.558. The van der Waals surface area contributed by atoms with Crippen LogP contribution < -0.4 is 15.5 Å². The Balaban J connectivity index is 1.30. The van der Waals surface area contributed by atoms with Gasteiger partial charge in [0.25, 0.3) is 5.91 Å². The average Bonchev–Trinajstić information content (AvgIpc) is 3.39. The van der Waals surface area contributed by atoms with Crippen molar-refractivity contribution in [2.75, 3.05) is 23.3 Å². The number of nitrogens with one attached hydrogen (secondary N) is 2. The van der Waals surface area contributed by atoms with E-state index < -0.39 is 11.7 Å². The fraction of sp³-hybridized carbons (Fsp3) is 0.500. The summed E-state index contributed by atoms with van der Waals surface area (Å²) in [7, 11) is 0. The third-order valence-electron chi connectivity index (χ3n) is 6.88. The number of rotatable bonds is 5. The van der Waals surface area contributed by atoms with E-state index in [9.17, 15) is 9.59 Å². The summed E-state index contributed by atoms with van der Waals surface area (Å²) in [6, 6.07) is 7.41. The summed E-state index contributed by atoms with van der Waals surface area (Å²) in [5.74, 6) is 2.02. The first-order chi connectivity index (χ1) is 17.6. The highest BCUT2D eigenvalue weighted by Gasteiger charge is 2.37. The second-order valence-corrected chi connectivity index (χ2v) is 11.5. The molecule has 196 valence electrons. The summed E-state index contributed by atoms with van der Waals surface area (Å²) in [5, 5.41) is 6.88. The zero-order valence-corrected chi connectivity index (χ0v) is 22.1. The van der Waals surface area contributed by atoms with Gasteiger partial charge in [-0.2, -0.15) is 0 Å². The Morgan fingerprint density at radius 3 is 2.65 bits per heavy atom. The molecule has 2 fully saturated rings. The van der Waals surface area contributed by atoms with E-state index in [1.165, 1.54) is 0 Å². The second kappa shape index (κ2) is 9.68. The second-order valence-electron chi connectivity index (χ2n) is 11.5. The number of aromatic nitrogens is 2. The topological polar surface area (TPSA) is 110 Å². The Labute approximate surface area is 217 Å². The summed E-state index contributed by atoms with van der Waals surface area (Å²) in [6.07, 6.45) is 4.89. The molecule has 2 aliphatic rings. The lowest BCUT2D eigenvalue weighted by Crippen LogP contribution is -2.51. The van der Waals surface area contributed by atoms with Gasteiger partial charge < -0.3 is 24.7 Å². The molecule has 4 atom stereocenters. The Morgan fingerprint density at radius 2 is 1.92 bits per heavy atom. The summed E-state index contributed by atoms with van der Waals surface area (Å²) in [6.45, 7) is 11.3. The van der Waals surface area contributed by atoms with Crippen LogP contribution in [0.15, 0.2) is 41.1 Å². The maximum atomic E-state index is 13.2. The van der Waals surface area contributed by atoms with Crippen LogP contribution in [0.4, 0.5) is 16.2 Å². The molecule has 9 heteroatoms. The maximum absolute atomic E-state index is 13.2. The van der Waals surface area contributed by atoms with Crippen molar-refractivity contribution in [1.82, 2.24) is 15.3 Å². The van der Waals surface area contributed by atoms with Crippen LogP contribution in [-0.2, 0) is 4.74 Å². The smallest absolute Gasteiger partial charge is 0.407 e. The zero-order chi connectivity index (χ0) is 26.3. The molecule has 3 aromatic rings. The number of carbonyl (C=O) groups is 2. The monoisotopic (exact) mass is 505 g/mol. The van der Waals surface area contributed by atoms with Crippen LogP contribution in [0.5, 0.6) is 0 Å². The molecule has 0 aromatic carbocycles. The molecular weight excluding hydrogens is 470 g/mol. The SMILES string of the molecule is CC1CC1c1cc2ccc(C(=O)Nc3cnccc3N3C[C@H](C)C[C@H](NC(=O)OC(C)(C)C)C3)nc2o1. The first-order valence-electron chi connectivity index (χ1n) is 13.0. The lowest BCUT2D eigenvalue weighted by atomic mass is 9.95. The number of carbonyl (C=O) groups excluding carboxylic acids is 2. The number of nitrogens with zero attached hydrogens (tertiary/aromatic N) is 3.